The van der Waals surface area contributed by atoms with Crippen molar-refractivity contribution in [2.75, 3.05) is 19.6 Å². The van der Waals surface area contributed by atoms with Crippen LogP contribution in [0.5, 0.6) is 0 Å². The number of sulfonamides is 1. The Balaban J connectivity index is 1.67. The second-order valence-corrected chi connectivity index (χ2v) is 8.27. The van der Waals surface area contributed by atoms with E-state index in [-0.39, 0.29) is 47.8 Å². The summed E-state index contributed by atoms with van der Waals surface area (Å²) >= 11 is 11.6. The Morgan fingerprint density at radius 3 is 2.18 bits per heavy atom. The van der Waals surface area contributed by atoms with Gasteiger partial charge in [0, 0.05) is 36.6 Å². The molecule has 3 N–H and O–H groups in total. The minimum absolute atomic E-state index is 0.0398. The molecule has 0 aliphatic rings. The summed E-state index contributed by atoms with van der Waals surface area (Å²) in [5.41, 5.74) is 0.463. The van der Waals surface area contributed by atoms with Crippen LogP contribution in [0.3, 0.4) is 0 Å². The molecule has 0 heterocycles. The summed E-state index contributed by atoms with van der Waals surface area (Å²) in [6.45, 7) is 0.379. The molecule has 0 unspecified atom stereocenters. The number of carbonyl (C=O) groups excluding carboxylic acids is 2. The summed E-state index contributed by atoms with van der Waals surface area (Å²) in [6.07, 6.45) is -0.0468. The predicted molar refractivity (Wildman–Crippen MR) is 108 cm³/mol. The van der Waals surface area contributed by atoms with E-state index in [0.29, 0.717) is 10.6 Å². The summed E-state index contributed by atoms with van der Waals surface area (Å²) in [4.78, 5) is 23.6. The van der Waals surface area contributed by atoms with Crippen LogP contribution in [0.4, 0.5) is 0 Å². The van der Waals surface area contributed by atoms with Crippen molar-refractivity contribution in [3.63, 3.8) is 0 Å². The van der Waals surface area contributed by atoms with E-state index in [1.54, 1.807) is 36.4 Å². The minimum Gasteiger partial charge on any atom is -0.354 e. The molecule has 2 aromatic rings. The monoisotopic (exact) mass is 443 g/mol. The van der Waals surface area contributed by atoms with Gasteiger partial charge >= 0.3 is 0 Å². The molecule has 150 valence electrons. The van der Waals surface area contributed by atoms with Crippen LogP contribution >= 0.6 is 23.2 Å². The third kappa shape index (κ3) is 6.79. The van der Waals surface area contributed by atoms with E-state index >= 15 is 0 Å². The van der Waals surface area contributed by atoms with E-state index in [0.717, 1.165) is 0 Å². The van der Waals surface area contributed by atoms with Crippen molar-refractivity contribution in [3.8, 4) is 0 Å². The molecule has 0 aromatic heterocycles. The first-order chi connectivity index (χ1) is 13.3. The topological polar surface area (TPSA) is 104 Å². The summed E-state index contributed by atoms with van der Waals surface area (Å²) in [7, 11) is -3.79. The van der Waals surface area contributed by atoms with Crippen molar-refractivity contribution in [3.05, 3.63) is 64.1 Å². The molecule has 2 aromatic carbocycles. The third-order valence-corrected chi connectivity index (χ3v) is 5.82. The highest BCUT2D eigenvalue weighted by atomic mass is 35.5. The lowest BCUT2D eigenvalue weighted by molar-refractivity contribution is -0.120. The maximum atomic E-state index is 12.1. The molecule has 2 amide bonds. The number of amides is 2. The maximum absolute atomic E-state index is 12.1. The summed E-state index contributed by atoms with van der Waals surface area (Å²) in [5.74, 6) is -0.624. The van der Waals surface area contributed by atoms with Crippen molar-refractivity contribution >= 4 is 45.0 Å². The first-order valence-corrected chi connectivity index (χ1v) is 10.6. The molecule has 0 aliphatic heterocycles. The maximum Gasteiger partial charge on any atom is 0.251 e. The van der Waals surface area contributed by atoms with Crippen LogP contribution in [0.2, 0.25) is 10.0 Å². The van der Waals surface area contributed by atoms with Crippen LogP contribution < -0.4 is 15.4 Å². The number of benzene rings is 2. The molecule has 0 fully saturated rings. The van der Waals surface area contributed by atoms with Crippen molar-refractivity contribution in [2.24, 2.45) is 0 Å². The van der Waals surface area contributed by atoms with Gasteiger partial charge in [-0.3, -0.25) is 9.59 Å². The van der Waals surface area contributed by atoms with Crippen molar-refractivity contribution in [2.45, 2.75) is 11.3 Å². The second kappa shape index (κ2) is 10.4. The lowest BCUT2D eigenvalue weighted by Crippen LogP contribution is -2.36. The highest BCUT2D eigenvalue weighted by Gasteiger charge is 2.17. The Kier molecular flexibility index (Phi) is 8.25. The Bertz CT molecular complexity index is 934. The van der Waals surface area contributed by atoms with E-state index in [1.165, 1.54) is 12.1 Å². The molecule has 0 radical (unpaired) electrons. The van der Waals surface area contributed by atoms with Gasteiger partial charge in [-0.05, 0) is 36.4 Å². The number of nitrogens with one attached hydrogen (secondary N) is 3. The van der Waals surface area contributed by atoms with Gasteiger partial charge in [0.1, 0.15) is 4.90 Å². The number of carbonyl (C=O) groups is 2. The fraction of sp³-hybridized carbons (Fsp3) is 0.222. The SMILES string of the molecule is O=C(CCNS(=O)(=O)c1ccccc1Cl)NCCNC(=O)c1ccc(Cl)cc1. The lowest BCUT2D eigenvalue weighted by Gasteiger charge is -2.09. The van der Waals surface area contributed by atoms with Gasteiger partial charge in [-0.2, -0.15) is 0 Å². The molecule has 0 atom stereocenters. The van der Waals surface area contributed by atoms with Crippen molar-refractivity contribution in [1.82, 2.24) is 15.4 Å². The molecule has 0 saturated carbocycles. The molecule has 2 rings (SSSR count). The van der Waals surface area contributed by atoms with E-state index in [1.807, 2.05) is 0 Å². The zero-order valence-electron chi connectivity index (χ0n) is 14.7. The smallest absolute Gasteiger partial charge is 0.251 e. The number of rotatable bonds is 9. The summed E-state index contributed by atoms with van der Waals surface area (Å²) < 4.78 is 26.6. The fourth-order valence-corrected chi connectivity index (χ4v) is 3.88. The molecular formula is C18H19Cl2N3O4S. The Morgan fingerprint density at radius 1 is 0.857 bits per heavy atom. The molecule has 7 nitrogen and oxygen atoms in total. The largest absolute Gasteiger partial charge is 0.354 e. The average molecular weight is 444 g/mol. The molecule has 10 heteroatoms. The Morgan fingerprint density at radius 2 is 1.50 bits per heavy atom. The van der Waals surface area contributed by atoms with Gasteiger partial charge in [-0.1, -0.05) is 35.3 Å². The minimum atomic E-state index is -3.79. The summed E-state index contributed by atoms with van der Waals surface area (Å²) in [6, 6.07) is 12.5. The second-order valence-electron chi connectivity index (χ2n) is 5.69. The normalized spacial score (nSPS) is 11.1. The zero-order chi connectivity index (χ0) is 20.6. The van der Waals surface area contributed by atoms with Crippen LogP contribution in [0.15, 0.2) is 53.4 Å². The molecule has 0 aliphatic carbocycles. The van der Waals surface area contributed by atoms with E-state index in [4.69, 9.17) is 23.2 Å². The highest BCUT2D eigenvalue weighted by molar-refractivity contribution is 7.89. The molecule has 28 heavy (non-hydrogen) atoms. The van der Waals surface area contributed by atoms with Gasteiger partial charge in [0.05, 0.1) is 5.02 Å². The van der Waals surface area contributed by atoms with Crippen molar-refractivity contribution in [1.29, 1.82) is 0 Å². The predicted octanol–water partition coefficient (Wildman–Crippen LogP) is 2.21. The van der Waals surface area contributed by atoms with Crippen LogP contribution in [0, 0.1) is 0 Å². The fourth-order valence-electron chi connectivity index (χ4n) is 2.21. The number of hydrogen-bond acceptors (Lipinski definition) is 4. The van der Waals surface area contributed by atoms with Gasteiger partial charge in [-0.15, -0.1) is 0 Å². The van der Waals surface area contributed by atoms with Gasteiger partial charge < -0.3 is 10.6 Å². The Hall–Kier alpha value is -2.13. The first-order valence-electron chi connectivity index (χ1n) is 8.34. The van der Waals surface area contributed by atoms with Crippen molar-refractivity contribution < 1.29 is 18.0 Å². The van der Waals surface area contributed by atoms with Gasteiger partial charge in [-0.25, -0.2) is 13.1 Å². The third-order valence-electron chi connectivity index (χ3n) is 3.61. The molecule has 0 saturated heterocycles. The van der Waals surface area contributed by atoms with Crippen LogP contribution in [0.1, 0.15) is 16.8 Å². The van der Waals surface area contributed by atoms with Crippen LogP contribution in [-0.4, -0.2) is 39.9 Å². The lowest BCUT2D eigenvalue weighted by atomic mass is 10.2. The quantitative estimate of drug-likeness (QED) is 0.516. The van der Waals surface area contributed by atoms with Crippen LogP contribution in [-0.2, 0) is 14.8 Å². The highest BCUT2D eigenvalue weighted by Crippen LogP contribution is 2.19. The Labute approximate surface area is 173 Å². The number of hydrogen-bond donors (Lipinski definition) is 3. The standard InChI is InChI=1S/C18H19Cl2N3O4S/c19-14-7-5-13(6-8-14)18(25)22-12-11-21-17(24)9-10-23-28(26,27)16-4-2-1-3-15(16)20/h1-8,23H,9-12H2,(H,21,24)(H,22,25). The van der Waals surface area contributed by atoms with Gasteiger partial charge in [0.15, 0.2) is 0 Å². The first kappa shape index (κ1) is 22.2. The van der Waals surface area contributed by atoms with Gasteiger partial charge in [0.2, 0.25) is 15.9 Å². The van der Waals surface area contributed by atoms with E-state index in [9.17, 15) is 18.0 Å². The molecular weight excluding hydrogens is 425 g/mol. The van der Waals surface area contributed by atoms with E-state index < -0.39 is 10.0 Å². The van der Waals surface area contributed by atoms with Gasteiger partial charge in [0.25, 0.3) is 5.91 Å². The average Bonchev–Trinajstić information content (AvgIpc) is 2.65. The van der Waals surface area contributed by atoms with Crippen LogP contribution in [0.25, 0.3) is 0 Å². The summed E-state index contributed by atoms with van der Waals surface area (Å²) in [5, 5.41) is 5.90. The zero-order valence-corrected chi connectivity index (χ0v) is 17.1. The van der Waals surface area contributed by atoms with E-state index in [2.05, 4.69) is 15.4 Å². The molecule has 0 bridgehead atoms. The molecule has 0 spiro atoms. The number of halogens is 2.